The predicted molar refractivity (Wildman–Crippen MR) is 91.6 cm³/mol. The summed E-state index contributed by atoms with van der Waals surface area (Å²) in [4.78, 5) is 14.1. The van der Waals surface area contributed by atoms with Crippen molar-refractivity contribution < 1.29 is 13.9 Å². The Morgan fingerprint density at radius 2 is 1.92 bits per heavy atom. The largest absolute Gasteiger partial charge is 0.492 e. The molecule has 126 valence electrons. The number of amides is 1. The van der Waals surface area contributed by atoms with Gasteiger partial charge in [0.25, 0.3) is 0 Å². The lowest BCUT2D eigenvalue weighted by Crippen LogP contribution is -2.32. The maximum Gasteiger partial charge on any atom is 0.226 e. The van der Waals surface area contributed by atoms with Gasteiger partial charge in [0.2, 0.25) is 5.91 Å². The van der Waals surface area contributed by atoms with Gasteiger partial charge >= 0.3 is 0 Å². The lowest BCUT2D eigenvalue weighted by molar-refractivity contribution is -0.131. The summed E-state index contributed by atoms with van der Waals surface area (Å²) < 4.78 is 19.5. The van der Waals surface area contributed by atoms with Crippen LogP contribution < -0.4 is 4.74 Å². The van der Waals surface area contributed by atoms with Crippen LogP contribution in [0.2, 0.25) is 0 Å². The molecular weight excluding hydrogens is 305 g/mol. The van der Waals surface area contributed by atoms with Gasteiger partial charge in [-0.2, -0.15) is 0 Å². The first-order chi connectivity index (χ1) is 11.6. The summed E-state index contributed by atoms with van der Waals surface area (Å²) in [6.45, 7) is 2.99. The van der Waals surface area contributed by atoms with E-state index in [-0.39, 0.29) is 23.6 Å². The van der Waals surface area contributed by atoms with Gasteiger partial charge in [-0.05, 0) is 43.0 Å². The third-order valence-corrected chi connectivity index (χ3v) is 4.50. The van der Waals surface area contributed by atoms with Crippen LogP contribution in [0.1, 0.15) is 23.5 Å². The van der Waals surface area contributed by atoms with Gasteiger partial charge < -0.3 is 9.64 Å². The van der Waals surface area contributed by atoms with Gasteiger partial charge in [-0.25, -0.2) is 4.39 Å². The molecule has 1 aliphatic carbocycles. The molecule has 0 spiro atoms. The molecule has 0 aromatic heterocycles. The minimum Gasteiger partial charge on any atom is -0.492 e. The molecule has 2 aromatic carbocycles. The van der Waals surface area contributed by atoms with Crippen LogP contribution >= 0.6 is 0 Å². The molecule has 0 heterocycles. The van der Waals surface area contributed by atoms with E-state index < -0.39 is 0 Å². The lowest BCUT2D eigenvalue weighted by Gasteiger charge is -2.18. The van der Waals surface area contributed by atoms with E-state index >= 15 is 0 Å². The third kappa shape index (κ3) is 3.75. The van der Waals surface area contributed by atoms with Gasteiger partial charge in [0.05, 0.1) is 6.54 Å². The van der Waals surface area contributed by atoms with Gasteiger partial charge in [-0.1, -0.05) is 35.9 Å². The van der Waals surface area contributed by atoms with Crippen LogP contribution in [-0.2, 0) is 4.79 Å². The Morgan fingerprint density at radius 1 is 1.21 bits per heavy atom. The molecule has 0 saturated heterocycles. The van der Waals surface area contributed by atoms with Crippen molar-refractivity contribution in [1.82, 2.24) is 4.90 Å². The van der Waals surface area contributed by atoms with Crippen LogP contribution in [-0.4, -0.2) is 31.0 Å². The van der Waals surface area contributed by atoms with Gasteiger partial charge in [-0.3, -0.25) is 4.79 Å². The van der Waals surface area contributed by atoms with E-state index in [4.69, 9.17) is 4.74 Å². The molecule has 2 unspecified atom stereocenters. The molecule has 24 heavy (non-hydrogen) atoms. The van der Waals surface area contributed by atoms with E-state index in [0.717, 1.165) is 12.2 Å². The van der Waals surface area contributed by atoms with Crippen molar-refractivity contribution in [2.24, 2.45) is 5.92 Å². The highest BCUT2D eigenvalue weighted by atomic mass is 19.1. The zero-order valence-electron chi connectivity index (χ0n) is 14.0. The maximum atomic E-state index is 13.8. The molecule has 1 amide bonds. The predicted octanol–water partition coefficient (Wildman–Crippen LogP) is 3.78. The van der Waals surface area contributed by atoms with Crippen molar-refractivity contribution in [3.8, 4) is 5.75 Å². The molecule has 4 heteroatoms. The van der Waals surface area contributed by atoms with Gasteiger partial charge in [0, 0.05) is 13.0 Å². The highest BCUT2D eigenvalue weighted by Crippen LogP contribution is 2.49. The molecular formula is C20H22FNO2. The Kier molecular flexibility index (Phi) is 4.84. The monoisotopic (exact) mass is 327 g/mol. The number of carbonyl (C=O) groups is 1. The highest BCUT2D eigenvalue weighted by molar-refractivity contribution is 5.82. The summed E-state index contributed by atoms with van der Waals surface area (Å²) in [7, 11) is 1.78. The molecule has 1 aliphatic rings. The first-order valence-corrected chi connectivity index (χ1v) is 8.25. The molecule has 0 radical (unpaired) electrons. The number of carbonyl (C=O) groups excluding carboxylic acids is 1. The van der Waals surface area contributed by atoms with Crippen LogP contribution in [0.4, 0.5) is 4.39 Å². The number of rotatable bonds is 6. The van der Waals surface area contributed by atoms with E-state index in [0.29, 0.717) is 18.7 Å². The average molecular weight is 327 g/mol. The lowest BCUT2D eigenvalue weighted by atomic mass is 10.1. The van der Waals surface area contributed by atoms with Crippen molar-refractivity contribution in [1.29, 1.82) is 0 Å². The topological polar surface area (TPSA) is 29.5 Å². The Balaban J connectivity index is 1.47. The molecule has 2 aromatic rings. The SMILES string of the molecule is Cc1ccc(OCCN(C)C(=O)C2CC2c2ccccc2F)cc1. The standard InChI is InChI=1S/C20H22FNO2/c1-14-7-9-15(10-8-14)24-12-11-22(2)20(23)18-13-17(18)16-5-3-4-6-19(16)21/h3-10,17-18H,11-13H2,1-2H3. The quantitative estimate of drug-likeness (QED) is 0.808. The molecule has 3 rings (SSSR count). The summed E-state index contributed by atoms with van der Waals surface area (Å²) in [5.41, 5.74) is 1.84. The number of likely N-dealkylation sites (N-methyl/N-ethyl adjacent to an activating group) is 1. The van der Waals surface area contributed by atoms with Gasteiger partial charge in [-0.15, -0.1) is 0 Å². The highest BCUT2D eigenvalue weighted by Gasteiger charge is 2.46. The summed E-state index contributed by atoms with van der Waals surface area (Å²) in [6, 6.07) is 14.5. The first-order valence-electron chi connectivity index (χ1n) is 8.25. The van der Waals surface area contributed by atoms with E-state index in [1.165, 1.54) is 11.6 Å². The fraction of sp³-hybridized carbons (Fsp3) is 0.350. The molecule has 3 nitrogen and oxygen atoms in total. The number of nitrogens with zero attached hydrogens (tertiary/aromatic N) is 1. The van der Waals surface area contributed by atoms with Crippen molar-refractivity contribution in [3.05, 3.63) is 65.5 Å². The summed E-state index contributed by atoms with van der Waals surface area (Å²) in [5, 5.41) is 0. The molecule has 1 saturated carbocycles. The Labute approximate surface area is 142 Å². The number of halogens is 1. The second-order valence-corrected chi connectivity index (χ2v) is 6.39. The zero-order valence-corrected chi connectivity index (χ0v) is 14.0. The summed E-state index contributed by atoms with van der Waals surface area (Å²) in [5.74, 6) is 0.557. The molecule has 1 fully saturated rings. The van der Waals surface area contributed by atoms with Crippen molar-refractivity contribution in [3.63, 3.8) is 0 Å². The fourth-order valence-corrected chi connectivity index (χ4v) is 2.92. The fourth-order valence-electron chi connectivity index (χ4n) is 2.92. The molecule has 2 atom stereocenters. The maximum absolute atomic E-state index is 13.8. The minimum atomic E-state index is -0.219. The Bertz CT molecular complexity index is 714. The Morgan fingerprint density at radius 3 is 2.62 bits per heavy atom. The Hall–Kier alpha value is -2.36. The second kappa shape index (κ2) is 7.04. The zero-order chi connectivity index (χ0) is 17.1. The molecule has 0 aliphatic heterocycles. The van der Waals surface area contributed by atoms with Crippen molar-refractivity contribution in [2.75, 3.05) is 20.2 Å². The van der Waals surface area contributed by atoms with Crippen LogP contribution in [0.25, 0.3) is 0 Å². The third-order valence-electron chi connectivity index (χ3n) is 4.50. The molecule has 0 bridgehead atoms. The van der Waals surface area contributed by atoms with Crippen LogP contribution in [0.5, 0.6) is 5.75 Å². The first kappa shape index (κ1) is 16.5. The summed E-state index contributed by atoms with van der Waals surface area (Å²) >= 11 is 0. The van der Waals surface area contributed by atoms with E-state index in [1.807, 2.05) is 37.3 Å². The van der Waals surface area contributed by atoms with Gasteiger partial charge in [0.15, 0.2) is 0 Å². The number of benzene rings is 2. The number of ether oxygens (including phenoxy) is 1. The molecule has 0 N–H and O–H groups in total. The van der Waals surface area contributed by atoms with Crippen LogP contribution in [0.15, 0.2) is 48.5 Å². The normalized spacial score (nSPS) is 19.0. The second-order valence-electron chi connectivity index (χ2n) is 6.39. The number of aryl methyl sites for hydroxylation is 1. The van der Waals surface area contributed by atoms with Crippen molar-refractivity contribution in [2.45, 2.75) is 19.3 Å². The van der Waals surface area contributed by atoms with E-state index in [1.54, 1.807) is 24.1 Å². The van der Waals surface area contributed by atoms with E-state index in [2.05, 4.69) is 0 Å². The van der Waals surface area contributed by atoms with E-state index in [9.17, 15) is 9.18 Å². The van der Waals surface area contributed by atoms with Crippen LogP contribution in [0.3, 0.4) is 0 Å². The summed E-state index contributed by atoms with van der Waals surface area (Å²) in [6.07, 6.45) is 0.725. The minimum absolute atomic E-state index is 0.0131. The van der Waals surface area contributed by atoms with Crippen LogP contribution in [0, 0.1) is 18.7 Å². The van der Waals surface area contributed by atoms with Gasteiger partial charge in [0.1, 0.15) is 18.2 Å². The number of hydrogen-bond acceptors (Lipinski definition) is 2. The average Bonchev–Trinajstić information content (AvgIpc) is 3.36. The van der Waals surface area contributed by atoms with Crippen molar-refractivity contribution >= 4 is 5.91 Å². The number of hydrogen-bond donors (Lipinski definition) is 0. The smallest absolute Gasteiger partial charge is 0.226 e.